The molecule has 2 aromatic carbocycles. The molecule has 1 aliphatic rings. The second kappa shape index (κ2) is 8.80. The predicted molar refractivity (Wildman–Crippen MR) is 103 cm³/mol. The molecular formula is C22H25FN2O2. The van der Waals surface area contributed by atoms with Crippen molar-refractivity contribution in [2.24, 2.45) is 0 Å². The van der Waals surface area contributed by atoms with Crippen LogP contribution in [0.1, 0.15) is 23.1 Å². The first-order chi connectivity index (χ1) is 13.0. The van der Waals surface area contributed by atoms with Gasteiger partial charge in [-0.05, 0) is 42.2 Å². The molecule has 0 unspecified atom stereocenters. The molecule has 0 saturated carbocycles. The van der Waals surface area contributed by atoms with E-state index in [0.717, 1.165) is 16.7 Å². The van der Waals surface area contributed by atoms with Gasteiger partial charge >= 0.3 is 0 Å². The molecule has 142 valence electrons. The highest BCUT2D eigenvalue weighted by Crippen LogP contribution is 2.12. The van der Waals surface area contributed by atoms with E-state index in [1.54, 1.807) is 11.0 Å². The molecule has 1 fully saturated rings. The summed E-state index contributed by atoms with van der Waals surface area (Å²) in [6.45, 7) is 4.26. The summed E-state index contributed by atoms with van der Waals surface area (Å²) in [5.41, 5.74) is 3.00. The standard InChI is InChI=1S/C22H25FN2O2/c1-17-5-2-3-7-19(17)16-22(27)25-13-11-24(12-14-25)21(26)10-9-18-6-4-8-20(23)15-18/h2-8,15H,9-14,16H2,1H3. The van der Waals surface area contributed by atoms with E-state index in [4.69, 9.17) is 0 Å². The van der Waals surface area contributed by atoms with Crippen molar-refractivity contribution in [3.8, 4) is 0 Å². The van der Waals surface area contributed by atoms with E-state index in [1.165, 1.54) is 12.1 Å². The lowest BCUT2D eigenvalue weighted by Crippen LogP contribution is -2.51. The van der Waals surface area contributed by atoms with Crippen molar-refractivity contribution in [3.05, 3.63) is 71.0 Å². The lowest BCUT2D eigenvalue weighted by Gasteiger charge is -2.35. The van der Waals surface area contributed by atoms with Crippen LogP contribution in [0, 0.1) is 12.7 Å². The van der Waals surface area contributed by atoms with Crippen molar-refractivity contribution in [2.75, 3.05) is 26.2 Å². The van der Waals surface area contributed by atoms with Gasteiger partial charge in [-0.2, -0.15) is 0 Å². The minimum atomic E-state index is -0.277. The van der Waals surface area contributed by atoms with Gasteiger partial charge in [-0.15, -0.1) is 0 Å². The molecule has 0 radical (unpaired) electrons. The molecule has 4 nitrogen and oxygen atoms in total. The van der Waals surface area contributed by atoms with E-state index in [9.17, 15) is 14.0 Å². The highest BCUT2D eigenvalue weighted by atomic mass is 19.1. The Morgan fingerprint density at radius 1 is 0.926 bits per heavy atom. The summed E-state index contributed by atoms with van der Waals surface area (Å²) in [4.78, 5) is 28.6. The number of nitrogens with zero attached hydrogens (tertiary/aromatic N) is 2. The van der Waals surface area contributed by atoms with E-state index in [0.29, 0.717) is 45.4 Å². The van der Waals surface area contributed by atoms with Crippen molar-refractivity contribution in [1.82, 2.24) is 9.80 Å². The third kappa shape index (κ3) is 5.16. The summed E-state index contributed by atoms with van der Waals surface area (Å²) in [6.07, 6.45) is 1.30. The summed E-state index contributed by atoms with van der Waals surface area (Å²) < 4.78 is 13.2. The van der Waals surface area contributed by atoms with E-state index < -0.39 is 0 Å². The van der Waals surface area contributed by atoms with Crippen LogP contribution in [0.15, 0.2) is 48.5 Å². The summed E-state index contributed by atoms with van der Waals surface area (Å²) in [5, 5.41) is 0. The maximum Gasteiger partial charge on any atom is 0.227 e. The van der Waals surface area contributed by atoms with Gasteiger partial charge in [0.15, 0.2) is 0 Å². The Bertz CT molecular complexity index is 813. The topological polar surface area (TPSA) is 40.6 Å². The van der Waals surface area contributed by atoms with Gasteiger partial charge in [0, 0.05) is 32.6 Å². The fraction of sp³-hybridized carbons (Fsp3) is 0.364. The van der Waals surface area contributed by atoms with Crippen LogP contribution in [0.4, 0.5) is 4.39 Å². The first-order valence-corrected chi connectivity index (χ1v) is 9.37. The quantitative estimate of drug-likeness (QED) is 0.814. The monoisotopic (exact) mass is 368 g/mol. The summed E-state index contributed by atoms with van der Waals surface area (Å²) in [7, 11) is 0. The van der Waals surface area contributed by atoms with Crippen LogP contribution >= 0.6 is 0 Å². The Morgan fingerprint density at radius 3 is 2.26 bits per heavy atom. The van der Waals surface area contributed by atoms with Crippen LogP contribution in [-0.4, -0.2) is 47.8 Å². The van der Waals surface area contributed by atoms with Gasteiger partial charge in [-0.25, -0.2) is 4.39 Å². The number of hydrogen-bond acceptors (Lipinski definition) is 2. The number of carbonyl (C=O) groups is 2. The van der Waals surface area contributed by atoms with Gasteiger partial charge in [0.2, 0.25) is 11.8 Å². The molecule has 0 aliphatic carbocycles. The van der Waals surface area contributed by atoms with Gasteiger partial charge in [-0.3, -0.25) is 9.59 Å². The minimum Gasteiger partial charge on any atom is -0.339 e. The van der Waals surface area contributed by atoms with Crippen molar-refractivity contribution in [3.63, 3.8) is 0 Å². The molecule has 0 bridgehead atoms. The number of carbonyl (C=O) groups excluding carboxylic acids is 2. The molecular weight excluding hydrogens is 343 g/mol. The lowest BCUT2D eigenvalue weighted by molar-refractivity contribution is -0.139. The van der Waals surface area contributed by atoms with Crippen LogP contribution in [0.25, 0.3) is 0 Å². The van der Waals surface area contributed by atoms with Crippen LogP contribution in [0.2, 0.25) is 0 Å². The SMILES string of the molecule is Cc1ccccc1CC(=O)N1CCN(C(=O)CCc2cccc(F)c2)CC1. The molecule has 0 aromatic heterocycles. The molecule has 27 heavy (non-hydrogen) atoms. The number of rotatable bonds is 5. The van der Waals surface area contributed by atoms with Gasteiger partial charge in [0.25, 0.3) is 0 Å². The van der Waals surface area contributed by atoms with Crippen molar-refractivity contribution in [1.29, 1.82) is 0 Å². The first kappa shape index (κ1) is 19.1. The van der Waals surface area contributed by atoms with Crippen molar-refractivity contribution >= 4 is 11.8 Å². The predicted octanol–water partition coefficient (Wildman–Crippen LogP) is 2.98. The second-order valence-corrected chi connectivity index (χ2v) is 6.99. The molecule has 0 atom stereocenters. The normalized spacial score (nSPS) is 14.3. The van der Waals surface area contributed by atoms with Gasteiger partial charge in [0.1, 0.15) is 5.82 Å². The van der Waals surface area contributed by atoms with Crippen molar-refractivity contribution < 1.29 is 14.0 Å². The molecule has 1 heterocycles. The fourth-order valence-corrected chi connectivity index (χ4v) is 3.39. The van der Waals surface area contributed by atoms with Crippen molar-refractivity contribution in [2.45, 2.75) is 26.2 Å². The lowest BCUT2D eigenvalue weighted by atomic mass is 10.1. The Balaban J connectivity index is 1.46. The third-order valence-electron chi connectivity index (χ3n) is 5.10. The molecule has 3 rings (SSSR count). The van der Waals surface area contributed by atoms with Gasteiger partial charge < -0.3 is 9.80 Å². The Labute approximate surface area is 159 Å². The Hall–Kier alpha value is -2.69. The zero-order valence-electron chi connectivity index (χ0n) is 15.7. The molecule has 2 amide bonds. The summed E-state index contributed by atoms with van der Waals surface area (Å²) in [5.74, 6) is -0.109. The Morgan fingerprint density at radius 2 is 1.59 bits per heavy atom. The van der Waals surface area contributed by atoms with E-state index >= 15 is 0 Å². The maximum absolute atomic E-state index is 13.2. The number of aryl methyl sites for hydroxylation is 2. The fourth-order valence-electron chi connectivity index (χ4n) is 3.39. The number of hydrogen-bond donors (Lipinski definition) is 0. The van der Waals surface area contributed by atoms with Crippen LogP contribution in [0.5, 0.6) is 0 Å². The second-order valence-electron chi connectivity index (χ2n) is 6.99. The molecule has 2 aromatic rings. The van der Waals surface area contributed by atoms with Gasteiger partial charge in [0.05, 0.1) is 6.42 Å². The van der Waals surface area contributed by atoms with E-state index in [1.807, 2.05) is 42.2 Å². The number of piperazine rings is 1. The zero-order valence-corrected chi connectivity index (χ0v) is 15.7. The number of amides is 2. The number of halogens is 1. The summed E-state index contributed by atoms with van der Waals surface area (Å²) in [6, 6.07) is 14.3. The van der Waals surface area contributed by atoms with Crippen LogP contribution < -0.4 is 0 Å². The smallest absolute Gasteiger partial charge is 0.227 e. The maximum atomic E-state index is 13.2. The average molecular weight is 368 g/mol. The zero-order chi connectivity index (χ0) is 19.2. The molecule has 0 spiro atoms. The Kier molecular flexibility index (Phi) is 6.22. The molecule has 5 heteroatoms. The number of benzene rings is 2. The first-order valence-electron chi connectivity index (χ1n) is 9.37. The van der Waals surface area contributed by atoms with Crippen LogP contribution in [0.3, 0.4) is 0 Å². The highest BCUT2D eigenvalue weighted by Gasteiger charge is 2.24. The largest absolute Gasteiger partial charge is 0.339 e. The molecule has 0 N–H and O–H groups in total. The molecule has 1 aliphatic heterocycles. The minimum absolute atomic E-state index is 0.0604. The van der Waals surface area contributed by atoms with E-state index in [-0.39, 0.29) is 17.6 Å². The highest BCUT2D eigenvalue weighted by molar-refractivity contribution is 5.80. The van der Waals surface area contributed by atoms with E-state index in [2.05, 4.69) is 0 Å². The van der Waals surface area contributed by atoms with Gasteiger partial charge in [-0.1, -0.05) is 36.4 Å². The third-order valence-corrected chi connectivity index (χ3v) is 5.10. The summed E-state index contributed by atoms with van der Waals surface area (Å²) >= 11 is 0. The van der Waals surface area contributed by atoms with Crippen LogP contribution in [-0.2, 0) is 22.4 Å². The molecule has 1 saturated heterocycles. The average Bonchev–Trinajstić information content (AvgIpc) is 2.68.